The first-order valence-electron chi connectivity index (χ1n) is 6.59. The van der Waals surface area contributed by atoms with Crippen LogP contribution in [0.5, 0.6) is 5.75 Å². The van der Waals surface area contributed by atoms with Gasteiger partial charge in [-0.05, 0) is 37.1 Å². The van der Waals surface area contributed by atoms with E-state index in [2.05, 4.69) is 0 Å². The first-order valence-corrected chi connectivity index (χ1v) is 6.59. The summed E-state index contributed by atoms with van der Waals surface area (Å²) in [6.45, 7) is 0. The van der Waals surface area contributed by atoms with Gasteiger partial charge >= 0.3 is 0 Å². The zero-order valence-electron chi connectivity index (χ0n) is 11.4. The summed E-state index contributed by atoms with van der Waals surface area (Å²) in [5.41, 5.74) is 5.77. The van der Waals surface area contributed by atoms with Gasteiger partial charge in [0.05, 0.1) is 7.11 Å². The molecule has 0 aliphatic carbocycles. The van der Waals surface area contributed by atoms with Gasteiger partial charge in [0.1, 0.15) is 5.75 Å². The molecule has 0 unspecified atom stereocenters. The standard InChI is InChI=1S/C15H21NO3/c1-19-13-10-8-12(9-11-13)14(17)6-4-2-3-5-7-15(16)18/h8-11H,2-7H2,1H3,(H2,16,18). The van der Waals surface area contributed by atoms with Crippen molar-refractivity contribution in [2.75, 3.05) is 7.11 Å². The molecule has 0 fully saturated rings. The molecule has 0 saturated heterocycles. The van der Waals surface area contributed by atoms with E-state index < -0.39 is 0 Å². The molecule has 0 aliphatic rings. The van der Waals surface area contributed by atoms with Gasteiger partial charge in [0.25, 0.3) is 0 Å². The number of carbonyl (C=O) groups excluding carboxylic acids is 2. The van der Waals surface area contributed by atoms with Crippen molar-refractivity contribution >= 4 is 11.7 Å². The molecule has 104 valence electrons. The molecule has 0 spiro atoms. The molecule has 0 aromatic heterocycles. The molecule has 4 heteroatoms. The van der Waals surface area contributed by atoms with Crippen LogP contribution in [0.25, 0.3) is 0 Å². The minimum Gasteiger partial charge on any atom is -0.497 e. The SMILES string of the molecule is COc1ccc(C(=O)CCCCCCC(N)=O)cc1. The number of amides is 1. The molecular formula is C15H21NO3. The van der Waals surface area contributed by atoms with Crippen LogP contribution in [0, 0.1) is 0 Å². The van der Waals surface area contributed by atoms with E-state index in [1.54, 1.807) is 31.4 Å². The lowest BCUT2D eigenvalue weighted by Crippen LogP contribution is -2.09. The molecule has 0 heterocycles. The van der Waals surface area contributed by atoms with Crippen molar-refractivity contribution in [1.29, 1.82) is 0 Å². The minimum absolute atomic E-state index is 0.151. The number of Topliss-reactive ketones (excluding diaryl/α,β-unsaturated/α-hetero) is 1. The molecular weight excluding hydrogens is 242 g/mol. The molecule has 1 amide bonds. The van der Waals surface area contributed by atoms with E-state index in [1.807, 2.05) is 0 Å². The average molecular weight is 263 g/mol. The lowest BCUT2D eigenvalue weighted by atomic mass is 10.0. The van der Waals surface area contributed by atoms with Crippen LogP contribution in [0.1, 0.15) is 48.9 Å². The summed E-state index contributed by atoms with van der Waals surface area (Å²) in [6, 6.07) is 7.16. The van der Waals surface area contributed by atoms with Crippen LogP contribution in [-0.2, 0) is 4.79 Å². The number of unbranched alkanes of at least 4 members (excludes halogenated alkanes) is 3. The monoisotopic (exact) mass is 263 g/mol. The quantitative estimate of drug-likeness (QED) is 0.550. The van der Waals surface area contributed by atoms with Crippen molar-refractivity contribution in [3.8, 4) is 5.75 Å². The van der Waals surface area contributed by atoms with Crippen molar-refractivity contribution in [2.24, 2.45) is 5.73 Å². The second kappa shape index (κ2) is 8.29. The number of ketones is 1. The fourth-order valence-electron chi connectivity index (χ4n) is 1.86. The Morgan fingerprint density at radius 1 is 1.00 bits per heavy atom. The van der Waals surface area contributed by atoms with Crippen LogP contribution in [0.4, 0.5) is 0 Å². The number of hydrogen-bond donors (Lipinski definition) is 1. The van der Waals surface area contributed by atoms with E-state index in [-0.39, 0.29) is 11.7 Å². The fourth-order valence-corrected chi connectivity index (χ4v) is 1.86. The zero-order chi connectivity index (χ0) is 14.1. The maximum absolute atomic E-state index is 11.9. The third kappa shape index (κ3) is 6.04. The van der Waals surface area contributed by atoms with E-state index in [4.69, 9.17) is 10.5 Å². The van der Waals surface area contributed by atoms with Crippen LogP contribution in [0.2, 0.25) is 0 Å². The highest BCUT2D eigenvalue weighted by molar-refractivity contribution is 5.96. The molecule has 19 heavy (non-hydrogen) atoms. The Labute approximate surface area is 113 Å². The lowest BCUT2D eigenvalue weighted by molar-refractivity contribution is -0.118. The van der Waals surface area contributed by atoms with E-state index in [9.17, 15) is 9.59 Å². The van der Waals surface area contributed by atoms with Gasteiger partial charge in [0.2, 0.25) is 5.91 Å². The van der Waals surface area contributed by atoms with Gasteiger partial charge in [-0.15, -0.1) is 0 Å². The summed E-state index contributed by atoms with van der Waals surface area (Å²) in [5.74, 6) is 0.648. The Balaban J connectivity index is 2.21. The maximum Gasteiger partial charge on any atom is 0.217 e. The summed E-state index contributed by atoms with van der Waals surface area (Å²) >= 11 is 0. The second-order valence-electron chi connectivity index (χ2n) is 4.53. The summed E-state index contributed by atoms with van der Waals surface area (Å²) in [4.78, 5) is 22.4. The maximum atomic E-state index is 11.9. The first-order chi connectivity index (χ1) is 9.13. The van der Waals surface area contributed by atoms with Crippen LogP contribution >= 0.6 is 0 Å². The van der Waals surface area contributed by atoms with Crippen molar-refractivity contribution in [1.82, 2.24) is 0 Å². The van der Waals surface area contributed by atoms with Crippen LogP contribution < -0.4 is 10.5 Å². The molecule has 1 aromatic rings. The highest BCUT2D eigenvalue weighted by Crippen LogP contribution is 2.14. The number of hydrogen-bond acceptors (Lipinski definition) is 3. The third-order valence-electron chi connectivity index (χ3n) is 2.99. The Kier molecular flexibility index (Phi) is 6.64. The molecule has 0 bridgehead atoms. The number of nitrogens with two attached hydrogens (primary N) is 1. The van der Waals surface area contributed by atoms with Crippen molar-refractivity contribution in [3.63, 3.8) is 0 Å². The van der Waals surface area contributed by atoms with Crippen LogP contribution in [-0.4, -0.2) is 18.8 Å². The third-order valence-corrected chi connectivity index (χ3v) is 2.99. The van der Waals surface area contributed by atoms with E-state index in [1.165, 1.54) is 0 Å². The smallest absolute Gasteiger partial charge is 0.217 e. The normalized spacial score (nSPS) is 10.2. The van der Waals surface area contributed by atoms with Gasteiger partial charge < -0.3 is 10.5 Å². The zero-order valence-corrected chi connectivity index (χ0v) is 11.4. The summed E-state index contributed by atoms with van der Waals surface area (Å²) in [7, 11) is 1.60. The number of benzene rings is 1. The highest BCUT2D eigenvalue weighted by Gasteiger charge is 2.05. The summed E-state index contributed by atoms with van der Waals surface area (Å²) < 4.78 is 5.04. The van der Waals surface area contributed by atoms with Gasteiger partial charge in [-0.3, -0.25) is 9.59 Å². The van der Waals surface area contributed by atoms with Crippen molar-refractivity contribution < 1.29 is 14.3 Å². The number of ether oxygens (including phenoxy) is 1. The number of methoxy groups -OCH3 is 1. The number of primary amides is 1. The Bertz CT molecular complexity index is 412. The number of rotatable bonds is 9. The van der Waals surface area contributed by atoms with Crippen molar-refractivity contribution in [3.05, 3.63) is 29.8 Å². The Morgan fingerprint density at radius 3 is 2.11 bits per heavy atom. The van der Waals surface area contributed by atoms with Gasteiger partial charge in [-0.2, -0.15) is 0 Å². The largest absolute Gasteiger partial charge is 0.497 e. The molecule has 0 radical (unpaired) electrons. The molecule has 1 rings (SSSR count). The molecule has 0 atom stereocenters. The lowest BCUT2D eigenvalue weighted by Gasteiger charge is -2.03. The van der Waals surface area contributed by atoms with Gasteiger partial charge in [-0.1, -0.05) is 12.8 Å². The van der Waals surface area contributed by atoms with Gasteiger partial charge in [0, 0.05) is 18.4 Å². The second-order valence-corrected chi connectivity index (χ2v) is 4.53. The fraction of sp³-hybridized carbons (Fsp3) is 0.467. The van der Waals surface area contributed by atoms with Crippen molar-refractivity contribution in [2.45, 2.75) is 38.5 Å². The Morgan fingerprint density at radius 2 is 1.58 bits per heavy atom. The molecule has 1 aromatic carbocycles. The van der Waals surface area contributed by atoms with E-state index in [0.29, 0.717) is 12.8 Å². The Hall–Kier alpha value is -1.84. The van der Waals surface area contributed by atoms with E-state index >= 15 is 0 Å². The highest BCUT2D eigenvalue weighted by atomic mass is 16.5. The van der Waals surface area contributed by atoms with Gasteiger partial charge in [-0.25, -0.2) is 0 Å². The average Bonchev–Trinajstić information content (AvgIpc) is 2.42. The van der Waals surface area contributed by atoms with Crippen LogP contribution in [0.3, 0.4) is 0 Å². The van der Waals surface area contributed by atoms with E-state index in [0.717, 1.165) is 37.0 Å². The molecule has 0 aliphatic heterocycles. The molecule has 4 nitrogen and oxygen atoms in total. The number of carbonyl (C=O) groups is 2. The van der Waals surface area contributed by atoms with Gasteiger partial charge in [0.15, 0.2) is 5.78 Å². The molecule has 0 saturated carbocycles. The summed E-state index contributed by atoms with van der Waals surface area (Å²) in [5, 5.41) is 0. The minimum atomic E-state index is -0.255. The first kappa shape index (κ1) is 15.2. The topological polar surface area (TPSA) is 69.4 Å². The van der Waals surface area contributed by atoms with Crippen LogP contribution in [0.15, 0.2) is 24.3 Å². The summed E-state index contributed by atoms with van der Waals surface area (Å²) in [6.07, 6.45) is 4.54. The predicted molar refractivity (Wildman–Crippen MR) is 74.2 cm³/mol. The molecule has 2 N–H and O–H groups in total. The predicted octanol–water partition coefficient (Wildman–Crippen LogP) is 2.70.